The van der Waals surface area contributed by atoms with Crippen LogP contribution >= 0.6 is 0 Å². The minimum Gasteiger partial charge on any atom is -0.377 e. The van der Waals surface area contributed by atoms with Gasteiger partial charge in [0.25, 0.3) is 0 Å². The number of aromatic nitrogens is 3. The van der Waals surface area contributed by atoms with E-state index in [0.29, 0.717) is 18.1 Å². The Morgan fingerprint density at radius 1 is 1.33 bits per heavy atom. The topological polar surface area (TPSA) is 88.9 Å². The fourth-order valence-corrected chi connectivity index (χ4v) is 3.46. The second kappa shape index (κ2) is 5.45. The molecule has 7 nitrogen and oxygen atoms in total. The summed E-state index contributed by atoms with van der Waals surface area (Å²) in [6.07, 6.45) is 3.42. The van der Waals surface area contributed by atoms with Crippen molar-refractivity contribution in [1.29, 1.82) is 0 Å². The van der Waals surface area contributed by atoms with Gasteiger partial charge in [-0.25, -0.2) is 18.1 Å². The van der Waals surface area contributed by atoms with E-state index < -0.39 is 10.0 Å². The van der Waals surface area contributed by atoms with Gasteiger partial charge in [-0.3, -0.25) is 4.68 Å². The Hall–Kier alpha value is -1.93. The SMILES string of the molecule is Cn1cnc(CNc2ccccc2S(=O)(=O)NC2CC2)n1. The van der Waals surface area contributed by atoms with E-state index in [2.05, 4.69) is 20.1 Å². The summed E-state index contributed by atoms with van der Waals surface area (Å²) in [5.41, 5.74) is 0.554. The van der Waals surface area contributed by atoms with E-state index in [1.807, 2.05) is 0 Å². The van der Waals surface area contributed by atoms with Crippen LogP contribution in [0.4, 0.5) is 5.69 Å². The van der Waals surface area contributed by atoms with E-state index in [-0.39, 0.29) is 10.9 Å². The monoisotopic (exact) mass is 307 g/mol. The van der Waals surface area contributed by atoms with Crippen LogP contribution in [0.1, 0.15) is 18.7 Å². The quantitative estimate of drug-likeness (QED) is 0.826. The number of rotatable bonds is 6. The van der Waals surface area contributed by atoms with Gasteiger partial charge >= 0.3 is 0 Å². The van der Waals surface area contributed by atoms with Crippen LogP contribution in [0.3, 0.4) is 0 Å². The summed E-state index contributed by atoms with van der Waals surface area (Å²) >= 11 is 0. The summed E-state index contributed by atoms with van der Waals surface area (Å²) in [5.74, 6) is 0.611. The Balaban J connectivity index is 1.78. The van der Waals surface area contributed by atoms with Crippen LogP contribution in [-0.4, -0.2) is 29.2 Å². The molecule has 1 fully saturated rings. The van der Waals surface area contributed by atoms with Crippen LogP contribution in [0.15, 0.2) is 35.5 Å². The Morgan fingerprint density at radius 2 is 2.10 bits per heavy atom. The van der Waals surface area contributed by atoms with Crippen LogP contribution in [0, 0.1) is 0 Å². The van der Waals surface area contributed by atoms with Crippen molar-refractivity contribution in [3.8, 4) is 0 Å². The van der Waals surface area contributed by atoms with Gasteiger partial charge in [-0.15, -0.1) is 0 Å². The van der Waals surface area contributed by atoms with Crippen molar-refractivity contribution in [3.05, 3.63) is 36.4 Å². The molecular weight excluding hydrogens is 290 g/mol. The molecule has 1 saturated carbocycles. The first kappa shape index (κ1) is 14.0. The highest BCUT2D eigenvalue weighted by Gasteiger charge is 2.29. The van der Waals surface area contributed by atoms with Crippen LogP contribution in [-0.2, 0) is 23.6 Å². The second-order valence-corrected chi connectivity index (χ2v) is 6.76. The Morgan fingerprint density at radius 3 is 2.76 bits per heavy atom. The maximum Gasteiger partial charge on any atom is 0.242 e. The van der Waals surface area contributed by atoms with Gasteiger partial charge in [-0.05, 0) is 25.0 Å². The number of anilines is 1. The second-order valence-electron chi connectivity index (χ2n) is 5.08. The molecule has 3 rings (SSSR count). The summed E-state index contributed by atoms with van der Waals surface area (Å²) in [4.78, 5) is 4.36. The molecule has 1 aliphatic rings. The molecule has 1 aromatic carbocycles. The molecule has 1 heterocycles. The van der Waals surface area contributed by atoms with E-state index in [0.717, 1.165) is 12.8 Å². The highest BCUT2D eigenvalue weighted by atomic mass is 32.2. The van der Waals surface area contributed by atoms with Crippen molar-refractivity contribution in [3.63, 3.8) is 0 Å². The number of nitrogens with one attached hydrogen (secondary N) is 2. The Kier molecular flexibility index (Phi) is 3.64. The van der Waals surface area contributed by atoms with Crippen LogP contribution in [0.2, 0.25) is 0 Å². The van der Waals surface area contributed by atoms with Gasteiger partial charge in [0.2, 0.25) is 10.0 Å². The lowest BCUT2D eigenvalue weighted by Crippen LogP contribution is -2.26. The average molecular weight is 307 g/mol. The molecule has 0 aliphatic heterocycles. The van der Waals surface area contributed by atoms with Gasteiger partial charge in [0.1, 0.15) is 11.2 Å². The van der Waals surface area contributed by atoms with Crippen molar-refractivity contribution >= 4 is 15.7 Å². The number of para-hydroxylation sites is 1. The third-order valence-corrected chi connectivity index (χ3v) is 4.74. The predicted molar refractivity (Wildman–Crippen MR) is 78.1 cm³/mol. The first-order chi connectivity index (χ1) is 10.0. The van der Waals surface area contributed by atoms with Gasteiger partial charge in [-0.2, -0.15) is 5.10 Å². The highest BCUT2D eigenvalue weighted by molar-refractivity contribution is 7.89. The fourth-order valence-electron chi connectivity index (χ4n) is 1.97. The molecule has 1 aromatic heterocycles. The smallest absolute Gasteiger partial charge is 0.242 e. The molecule has 21 heavy (non-hydrogen) atoms. The number of aryl methyl sites for hydroxylation is 1. The molecule has 0 bridgehead atoms. The van der Waals surface area contributed by atoms with E-state index in [1.165, 1.54) is 0 Å². The van der Waals surface area contributed by atoms with E-state index >= 15 is 0 Å². The van der Waals surface area contributed by atoms with E-state index in [1.54, 1.807) is 42.3 Å². The van der Waals surface area contributed by atoms with Crippen molar-refractivity contribution in [2.24, 2.45) is 7.05 Å². The van der Waals surface area contributed by atoms with Crippen molar-refractivity contribution in [1.82, 2.24) is 19.5 Å². The largest absolute Gasteiger partial charge is 0.377 e. The molecule has 2 N–H and O–H groups in total. The zero-order valence-corrected chi connectivity index (χ0v) is 12.5. The first-order valence-corrected chi connectivity index (χ1v) is 8.23. The highest BCUT2D eigenvalue weighted by Crippen LogP contribution is 2.26. The summed E-state index contributed by atoms with van der Waals surface area (Å²) in [6, 6.07) is 6.93. The van der Waals surface area contributed by atoms with Crippen LogP contribution in [0.5, 0.6) is 0 Å². The van der Waals surface area contributed by atoms with Crippen molar-refractivity contribution in [2.75, 3.05) is 5.32 Å². The van der Waals surface area contributed by atoms with Crippen molar-refractivity contribution in [2.45, 2.75) is 30.3 Å². The maximum absolute atomic E-state index is 12.3. The zero-order valence-electron chi connectivity index (χ0n) is 11.7. The lowest BCUT2D eigenvalue weighted by molar-refractivity contribution is 0.581. The summed E-state index contributed by atoms with van der Waals surface area (Å²) < 4.78 is 29.0. The van der Waals surface area contributed by atoms with Crippen LogP contribution < -0.4 is 10.0 Å². The maximum atomic E-state index is 12.3. The Bertz CT molecular complexity index is 737. The molecule has 0 spiro atoms. The molecule has 0 atom stereocenters. The third-order valence-electron chi connectivity index (χ3n) is 3.16. The van der Waals surface area contributed by atoms with Crippen molar-refractivity contribution < 1.29 is 8.42 Å². The third kappa shape index (κ3) is 3.40. The number of sulfonamides is 1. The normalized spacial score (nSPS) is 15.1. The van der Waals surface area contributed by atoms with E-state index in [4.69, 9.17) is 0 Å². The lowest BCUT2D eigenvalue weighted by Gasteiger charge is -2.12. The summed E-state index contributed by atoms with van der Waals surface area (Å²) in [7, 11) is -1.70. The molecule has 0 unspecified atom stereocenters. The number of hydrogen-bond donors (Lipinski definition) is 2. The molecule has 1 aliphatic carbocycles. The van der Waals surface area contributed by atoms with Crippen LogP contribution in [0.25, 0.3) is 0 Å². The van der Waals surface area contributed by atoms with Gasteiger partial charge in [-0.1, -0.05) is 12.1 Å². The first-order valence-electron chi connectivity index (χ1n) is 6.74. The fraction of sp³-hybridized carbons (Fsp3) is 0.385. The van der Waals surface area contributed by atoms with Gasteiger partial charge in [0.15, 0.2) is 5.82 Å². The molecule has 8 heteroatoms. The Labute approximate surface area is 123 Å². The standard InChI is InChI=1S/C13H17N5O2S/c1-18-9-15-13(16-18)8-14-11-4-2-3-5-12(11)21(19,20)17-10-6-7-10/h2-5,9-10,14,17H,6-8H2,1H3. The predicted octanol–water partition coefficient (Wildman–Crippen LogP) is 0.868. The summed E-state index contributed by atoms with van der Waals surface area (Å²) in [6.45, 7) is 0.372. The van der Waals surface area contributed by atoms with Gasteiger partial charge < -0.3 is 5.32 Å². The minimum absolute atomic E-state index is 0.0838. The lowest BCUT2D eigenvalue weighted by atomic mass is 10.3. The molecule has 2 aromatic rings. The molecule has 0 saturated heterocycles. The molecule has 0 amide bonds. The number of hydrogen-bond acceptors (Lipinski definition) is 5. The molecule has 0 radical (unpaired) electrons. The zero-order chi connectivity index (χ0) is 14.9. The van der Waals surface area contributed by atoms with Gasteiger partial charge in [0.05, 0.1) is 12.2 Å². The molecule has 112 valence electrons. The minimum atomic E-state index is -3.49. The van der Waals surface area contributed by atoms with E-state index in [9.17, 15) is 8.42 Å². The number of nitrogens with zero attached hydrogens (tertiary/aromatic N) is 3. The summed E-state index contributed by atoms with van der Waals surface area (Å²) in [5, 5.41) is 7.24. The molecular formula is C13H17N5O2S. The average Bonchev–Trinajstić information content (AvgIpc) is 3.15. The number of benzene rings is 1. The van der Waals surface area contributed by atoms with Gasteiger partial charge in [0, 0.05) is 13.1 Å².